The molecule has 2 aromatic rings. The van der Waals surface area contributed by atoms with E-state index in [9.17, 15) is 4.79 Å². The van der Waals surface area contributed by atoms with Crippen molar-refractivity contribution in [3.63, 3.8) is 0 Å². The van der Waals surface area contributed by atoms with Crippen LogP contribution < -0.4 is 4.74 Å². The van der Waals surface area contributed by atoms with Crippen LogP contribution in [0.1, 0.15) is 15.9 Å². The van der Waals surface area contributed by atoms with Crippen molar-refractivity contribution in [3.8, 4) is 5.75 Å². The molecular formula is C14H10Cl2O2. The third kappa shape index (κ3) is 3.03. The van der Waals surface area contributed by atoms with Gasteiger partial charge in [0.15, 0.2) is 5.75 Å². The zero-order chi connectivity index (χ0) is 13.0. The van der Waals surface area contributed by atoms with Gasteiger partial charge >= 0.3 is 0 Å². The van der Waals surface area contributed by atoms with Crippen molar-refractivity contribution >= 4 is 29.5 Å². The zero-order valence-electron chi connectivity index (χ0n) is 9.40. The molecule has 0 spiro atoms. The molecule has 18 heavy (non-hydrogen) atoms. The predicted molar refractivity (Wildman–Crippen MR) is 72.6 cm³/mol. The number of para-hydroxylation sites is 1. The largest absolute Gasteiger partial charge is 0.486 e. The fourth-order valence-electron chi connectivity index (χ4n) is 1.53. The summed E-state index contributed by atoms with van der Waals surface area (Å²) in [5.41, 5.74) is 1.50. The van der Waals surface area contributed by atoms with E-state index in [1.807, 2.05) is 6.07 Å². The van der Waals surface area contributed by atoms with E-state index in [0.29, 0.717) is 28.0 Å². The first kappa shape index (κ1) is 12.9. The molecule has 92 valence electrons. The van der Waals surface area contributed by atoms with Crippen LogP contribution in [-0.2, 0) is 6.61 Å². The fraction of sp³-hybridized carbons (Fsp3) is 0.0714. The van der Waals surface area contributed by atoms with Crippen molar-refractivity contribution in [3.05, 3.63) is 63.6 Å². The van der Waals surface area contributed by atoms with Crippen LogP contribution in [0.4, 0.5) is 0 Å². The molecular weight excluding hydrogens is 271 g/mol. The first-order chi connectivity index (χ1) is 8.70. The maximum Gasteiger partial charge on any atom is 0.156 e. The standard InChI is InChI=1S/C14H10Cl2O2/c15-12-5-2-6-13(16)14(12)18-9-11-4-1-3-10(7-11)8-17/h1-8H,9H2. The maximum absolute atomic E-state index is 10.7. The van der Waals surface area contributed by atoms with Gasteiger partial charge in [-0.05, 0) is 23.8 Å². The highest BCUT2D eigenvalue weighted by atomic mass is 35.5. The van der Waals surface area contributed by atoms with Crippen molar-refractivity contribution in [1.82, 2.24) is 0 Å². The summed E-state index contributed by atoms with van der Waals surface area (Å²) in [6, 6.07) is 12.4. The molecule has 0 aliphatic rings. The average molecular weight is 281 g/mol. The van der Waals surface area contributed by atoms with Gasteiger partial charge < -0.3 is 4.74 Å². The molecule has 0 saturated heterocycles. The summed E-state index contributed by atoms with van der Waals surface area (Å²) >= 11 is 12.0. The molecule has 0 aliphatic heterocycles. The number of aldehydes is 1. The first-order valence-electron chi connectivity index (χ1n) is 5.31. The van der Waals surface area contributed by atoms with Gasteiger partial charge in [-0.25, -0.2) is 0 Å². The predicted octanol–water partition coefficient (Wildman–Crippen LogP) is 4.38. The minimum Gasteiger partial charge on any atom is -0.486 e. The van der Waals surface area contributed by atoms with Crippen LogP contribution in [0.5, 0.6) is 5.75 Å². The van der Waals surface area contributed by atoms with Gasteiger partial charge in [0.05, 0.1) is 10.0 Å². The lowest BCUT2D eigenvalue weighted by Gasteiger charge is -2.09. The second-order valence-electron chi connectivity index (χ2n) is 3.70. The molecule has 2 aromatic carbocycles. The Hall–Kier alpha value is -1.51. The molecule has 0 heterocycles. The van der Waals surface area contributed by atoms with Gasteiger partial charge in [0.2, 0.25) is 0 Å². The van der Waals surface area contributed by atoms with Gasteiger partial charge in [-0.1, -0.05) is 47.5 Å². The molecule has 2 nitrogen and oxygen atoms in total. The van der Waals surface area contributed by atoms with Crippen molar-refractivity contribution in [2.75, 3.05) is 0 Å². The molecule has 0 atom stereocenters. The van der Waals surface area contributed by atoms with E-state index in [-0.39, 0.29) is 0 Å². The zero-order valence-corrected chi connectivity index (χ0v) is 10.9. The monoisotopic (exact) mass is 280 g/mol. The number of benzene rings is 2. The van der Waals surface area contributed by atoms with Gasteiger partial charge in [-0.2, -0.15) is 0 Å². The summed E-state index contributed by atoms with van der Waals surface area (Å²) < 4.78 is 5.57. The number of carbonyl (C=O) groups is 1. The topological polar surface area (TPSA) is 26.3 Å². The number of hydrogen-bond donors (Lipinski definition) is 0. The quantitative estimate of drug-likeness (QED) is 0.777. The van der Waals surface area contributed by atoms with Gasteiger partial charge in [0.25, 0.3) is 0 Å². The lowest BCUT2D eigenvalue weighted by atomic mass is 10.1. The Labute approximate surface area is 115 Å². The van der Waals surface area contributed by atoms with E-state index in [2.05, 4.69) is 0 Å². The summed E-state index contributed by atoms with van der Waals surface area (Å²) in [6.07, 6.45) is 0.798. The first-order valence-corrected chi connectivity index (χ1v) is 6.07. The Morgan fingerprint density at radius 2 is 1.72 bits per heavy atom. The lowest BCUT2D eigenvalue weighted by Crippen LogP contribution is -1.97. The smallest absolute Gasteiger partial charge is 0.156 e. The van der Waals surface area contributed by atoms with E-state index >= 15 is 0 Å². The molecule has 4 heteroatoms. The third-order valence-corrected chi connectivity index (χ3v) is 2.98. The molecule has 0 radical (unpaired) electrons. The number of rotatable bonds is 4. The summed E-state index contributed by atoms with van der Waals surface area (Å²) in [4.78, 5) is 10.7. The average Bonchev–Trinajstić information content (AvgIpc) is 2.38. The van der Waals surface area contributed by atoms with Crippen molar-refractivity contribution in [2.24, 2.45) is 0 Å². The minimum absolute atomic E-state index is 0.311. The Morgan fingerprint density at radius 3 is 2.39 bits per heavy atom. The van der Waals surface area contributed by atoms with Gasteiger partial charge in [-0.3, -0.25) is 4.79 Å². The van der Waals surface area contributed by atoms with Crippen LogP contribution >= 0.6 is 23.2 Å². The Balaban J connectivity index is 2.13. The molecule has 0 unspecified atom stereocenters. The second kappa shape index (κ2) is 5.89. The summed E-state index contributed by atoms with van der Waals surface area (Å²) in [6.45, 7) is 0.311. The molecule has 0 saturated carbocycles. The third-order valence-electron chi connectivity index (χ3n) is 2.39. The van der Waals surface area contributed by atoms with Crippen molar-refractivity contribution < 1.29 is 9.53 Å². The second-order valence-corrected chi connectivity index (χ2v) is 4.52. The van der Waals surface area contributed by atoms with Crippen molar-refractivity contribution in [2.45, 2.75) is 6.61 Å². The van der Waals surface area contributed by atoms with Crippen LogP contribution in [-0.4, -0.2) is 6.29 Å². The number of hydrogen-bond acceptors (Lipinski definition) is 2. The molecule has 0 amide bonds. The van der Waals surface area contributed by atoms with E-state index in [0.717, 1.165) is 11.8 Å². The number of ether oxygens (including phenoxy) is 1. The van der Waals surface area contributed by atoms with E-state index in [1.54, 1.807) is 36.4 Å². The molecule has 0 aliphatic carbocycles. The maximum atomic E-state index is 10.7. The van der Waals surface area contributed by atoms with Crippen LogP contribution in [0.2, 0.25) is 10.0 Å². The highest BCUT2D eigenvalue weighted by molar-refractivity contribution is 6.37. The molecule has 0 N–H and O–H groups in total. The number of halogens is 2. The molecule has 0 bridgehead atoms. The molecule has 0 fully saturated rings. The SMILES string of the molecule is O=Cc1cccc(COc2c(Cl)cccc2Cl)c1. The Morgan fingerprint density at radius 1 is 1.06 bits per heavy atom. The van der Waals surface area contributed by atoms with Crippen LogP contribution in [0.3, 0.4) is 0 Å². The van der Waals surface area contributed by atoms with Crippen LogP contribution in [0.15, 0.2) is 42.5 Å². The van der Waals surface area contributed by atoms with E-state index in [4.69, 9.17) is 27.9 Å². The van der Waals surface area contributed by atoms with Crippen LogP contribution in [0, 0.1) is 0 Å². The highest BCUT2D eigenvalue weighted by Crippen LogP contribution is 2.32. The van der Waals surface area contributed by atoms with Gasteiger partial charge in [0, 0.05) is 5.56 Å². The summed E-state index contributed by atoms with van der Waals surface area (Å²) in [7, 11) is 0. The summed E-state index contributed by atoms with van der Waals surface area (Å²) in [5, 5.41) is 0.933. The lowest BCUT2D eigenvalue weighted by molar-refractivity contribution is 0.112. The minimum atomic E-state index is 0.311. The highest BCUT2D eigenvalue weighted by Gasteiger charge is 2.06. The molecule has 0 aromatic heterocycles. The summed E-state index contributed by atoms with van der Waals surface area (Å²) in [5.74, 6) is 0.456. The Bertz CT molecular complexity index is 547. The number of carbonyl (C=O) groups excluding carboxylic acids is 1. The normalized spacial score (nSPS) is 10.1. The Kier molecular flexibility index (Phi) is 4.24. The van der Waals surface area contributed by atoms with Crippen LogP contribution in [0.25, 0.3) is 0 Å². The fourth-order valence-corrected chi connectivity index (χ4v) is 2.04. The van der Waals surface area contributed by atoms with Crippen molar-refractivity contribution in [1.29, 1.82) is 0 Å². The van der Waals surface area contributed by atoms with E-state index in [1.165, 1.54) is 0 Å². The molecule has 2 rings (SSSR count). The van der Waals surface area contributed by atoms with Gasteiger partial charge in [-0.15, -0.1) is 0 Å². The van der Waals surface area contributed by atoms with E-state index < -0.39 is 0 Å². The van der Waals surface area contributed by atoms with Gasteiger partial charge in [0.1, 0.15) is 12.9 Å².